The van der Waals surface area contributed by atoms with Crippen molar-refractivity contribution in [1.29, 1.82) is 0 Å². The minimum atomic E-state index is -0.456. The highest BCUT2D eigenvalue weighted by Crippen LogP contribution is 2.32. The van der Waals surface area contributed by atoms with Crippen molar-refractivity contribution in [3.63, 3.8) is 0 Å². The molecule has 6 heteroatoms. The second-order valence-corrected chi connectivity index (χ2v) is 6.01. The van der Waals surface area contributed by atoms with Crippen LogP contribution in [0.3, 0.4) is 0 Å². The molecular weight excluding hydrogens is 323 g/mol. The summed E-state index contributed by atoms with van der Waals surface area (Å²) < 4.78 is 23.9. The van der Waals surface area contributed by atoms with Crippen molar-refractivity contribution in [3.05, 3.63) is 53.6 Å². The van der Waals surface area contributed by atoms with Crippen molar-refractivity contribution in [2.75, 3.05) is 20.8 Å². The summed E-state index contributed by atoms with van der Waals surface area (Å²) in [5.41, 5.74) is 1.49. The van der Waals surface area contributed by atoms with Crippen LogP contribution < -0.4 is 9.47 Å². The third-order valence-electron chi connectivity index (χ3n) is 4.48. The molecule has 2 heterocycles. The van der Waals surface area contributed by atoms with Gasteiger partial charge in [-0.1, -0.05) is 6.07 Å². The molecule has 25 heavy (non-hydrogen) atoms. The van der Waals surface area contributed by atoms with Crippen molar-refractivity contribution < 1.29 is 18.7 Å². The van der Waals surface area contributed by atoms with Crippen LogP contribution in [0.4, 0.5) is 4.39 Å². The van der Waals surface area contributed by atoms with Gasteiger partial charge in [0.25, 0.3) is 0 Å². The maximum absolute atomic E-state index is 13.8. The summed E-state index contributed by atoms with van der Waals surface area (Å²) in [7, 11) is 3.01. The van der Waals surface area contributed by atoms with E-state index in [2.05, 4.69) is 4.98 Å². The largest absolute Gasteiger partial charge is 0.495 e. The smallest absolute Gasteiger partial charge is 0.227 e. The number of carbonyl (C=O) groups excluding carboxylic acids is 1. The Kier molecular flexibility index (Phi) is 5.16. The summed E-state index contributed by atoms with van der Waals surface area (Å²) in [5, 5.41) is 0. The zero-order chi connectivity index (χ0) is 17.8. The van der Waals surface area contributed by atoms with Crippen molar-refractivity contribution in [2.45, 2.75) is 25.3 Å². The lowest BCUT2D eigenvalue weighted by Gasteiger charge is -2.24. The number of nitrogens with zero attached hydrogens (tertiary/aromatic N) is 2. The normalized spacial score (nSPS) is 16.8. The minimum Gasteiger partial charge on any atom is -0.495 e. The van der Waals surface area contributed by atoms with Crippen LogP contribution in [0.5, 0.6) is 11.5 Å². The molecule has 1 aliphatic heterocycles. The predicted octanol–water partition coefficient (Wildman–Crippen LogP) is 3.14. The van der Waals surface area contributed by atoms with Gasteiger partial charge in [-0.15, -0.1) is 0 Å². The van der Waals surface area contributed by atoms with E-state index < -0.39 is 5.82 Å². The van der Waals surface area contributed by atoms with E-state index in [1.807, 2.05) is 17.0 Å². The van der Waals surface area contributed by atoms with Gasteiger partial charge in [-0.05, 0) is 42.7 Å². The summed E-state index contributed by atoms with van der Waals surface area (Å²) in [6.07, 6.45) is 3.63. The molecule has 1 fully saturated rings. The van der Waals surface area contributed by atoms with Gasteiger partial charge in [0.05, 0.1) is 38.6 Å². The Balaban J connectivity index is 1.72. The molecule has 0 spiro atoms. The molecule has 1 amide bonds. The summed E-state index contributed by atoms with van der Waals surface area (Å²) >= 11 is 0. The van der Waals surface area contributed by atoms with Gasteiger partial charge in [0.1, 0.15) is 5.75 Å². The number of carbonyl (C=O) groups is 1. The number of hydrogen-bond acceptors (Lipinski definition) is 4. The molecule has 0 bridgehead atoms. The second kappa shape index (κ2) is 7.51. The van der Waals surface area contributed by atoms with Crippen LogP contribution >= 0.6 is 0 Å². The van der Waals surface area contributed by atoms with E-state index in [-0.39, 0.29) is 24.1 Å². The number of ether oxygens (including phenoxy) is 2. The molecule has 0 N–H and O–H groups in total. The van der Waals surface area contributed by atoms with Crippen molar-refractivity contribution in [3.8, 4) is 11.5 Å². The highest BCUT2D eigenvalue weighted by Gasteiger charge is 2.30. The van der Waals surface area contributed by atoms with E-state index >= 15 is 0 Å². The maximum atomic E-state index is 13.8. The molecule has 1 saturated heterocycles. The number of pyridine rings is 1. The summed E-state index contributed by atoms with van der Waals surface area (Å²) in [6.45, 7) is 0.690. The average molecular weight is 344 g/mol. The van der Waals surface area contributed by atoms with Gasteiger partial charge in [0.15, 0.2) is 11.6 Å². The fourth-order valence-electron chi connectivity index (χ4n) is 3.18. The molecule has 2 aromatic rings. The molecule has 0 saturated carbocycles. The first-order valence-corrected chi connectivity index (χ1v) is 8.24. The lowest BCUT2D eigenvalue weighted by molar-refractivity contribution is -0.131. The highest BCUT2D eigenvalue weighted by molar-refractivity contribution is 5.79. The van der Waals surface area contributed by atoms with Crippen LogP contribution in [0.15, 0.2) is 36.5 Å². The zero-order valence-corrected chi connectivity index (χ0v) is 14.4. The van der Waals surface area contributed by atoms with Crippen LogP contribution in [0.25, 0.3) is 0 Å². The molecule has 132 valence electrons. The summed E-state index contributed by atoms with van der Waals surface area (Å²) in [5.74, 6) is 0.387. The number of methoxy groups -OCH3 is 2. The van der Waals surface area contributed by atoms with Crippen molar-refractivity contribution in [2.24, 2.45) is 0 Å². The molecule has 3 rings (SSSR count). The first-order valence-electron chi connectivity index (χ1n) is 8.24. The van der Waals surface area contributed by atoms with Crippen LogP contribution in [0, 0.1) is 5.82 Å². The number of benzene rings is 1. The van der Waals surface area contributed by atoms with E-state index in [1.54, 1.807) is 25.4 Å². The maximum Gasteiger partial charge on any atom is 0.227 e. The van der Waals surface area contributed by atoms with Crippen molar-refractivity contribution in [1.82, 2.24) is 9.88 Å². The fraction of sp³-hybridized carbons (Fsp3) is 0.368. The monoisotopic (exact) mass is 344 g/mol. The van der Waals surface area contributed by atoms with Crippen molar-refractivity contribution >= 4 is 5.91 Å². The molecule has 0 aliphatic carbocycles. The van der Waals surface area contributed by atoms with Gasteiger partial charge in [-0.3, -0.25) is 9.78 Å². The Labute approximate surface area is 146 Å². The topological polar surface area (TPSA) is 51.7 Å². The Bertz CT molecular complexity index is 749. The average Bonchev–Trinajstić information content (AvgIpc) is 3.12. The number of aromatic nitrogens is 1. The minimum absolute atomic E-state index is 0.0234. The standard InChI is InChI=1S/C19H21FN2O3/c1-24-14-6-7-16(21-12-14)17-4-3-9-22(17)19(23)11-13-5-8-18(25-2)15(20)10-13/h5-8,10,12,17H,3-4,9,11H2,1-2H3. The molecule has 0 radical (unpaired) electrons. The molecule has 5 nitrogen and oxygen atoms in total. The molecule has 1 unspecified atom stereocenters. The van der Waals surface area contributed by atoms with E-state index in [0.717, 1.165) is 18.5 Å². The lowest BCUT2D eigenvalue weighted by atomic mass is 10.1. The third-order valence-corrected chi connectivity index (χ3v) is 4.48. The zero-order valence-electron chi connectivity index (χ0n) is 14.4. The number of likely N-dealkylation sites (tertiary alicyclic amines) is 1. The van der Waals surface area contributed by atoms with Gasteiger partial charge < -0.3 is 14.4 Å². The number of rotatable bonds is 5. The summed E-state index contributed by atoms with van der Waals surface area (Å²) in [6, 6.07) is 8.32. The van der Waals surface area contributed by atoms with Crippen LogP contribution in [-0.2, 0) is 11.2 Å². The quantitative estimate of drug-likeness (QED) is 0.836. The van der Waals surface area contributed by atoms with E-state index in [9.17, 15) is 9.18 Å². The molecule has 1 aliphatic rings. The first-order chi connectivity index (χ1) is 12.1. The van der Waals surface area contributed by atoms with E-state index in [0.29, 0.717) is 17.9 Å². The van der Waals surface area contributed by atoms with E-state index in [1.165, 1.54) is 13.2 Å². The SMILES string of the molecule is COc1ccc(C2CCCN2C(=O)Cc2ccc(OC)c(F)c2)nc1. The van der Waals surface area contributed by atoms with E-state index in [4.69, 9.17) is 9.47 Å². The summed E-state index contributed by atoms with van der Waals surface area (Å²) in [4.78, 5) is 18.9. The molecule has 1 aromatic heterocycles. The van der Waals surface area contributed by atoms with Gasteiger partial charge >= 0.3 is 0 Å². The van der Waals surface area contributed by atoms with Gasteiger partial charge in [0.2, 0.25) is 5.91 Å². The van der Waals surface area contributed by atoms with Crippen LogP contribution in [0.2, 0.25) is 0 Å². The van der Waals surface area contributed by atoms with Crippen LogP contribution in [-0.4, -0.2) is 36.6 Å². The van der Waals surface area contributed by atoms with Gasteiger partial charge in [0, 0.05) is 6.54 Å². The fourth-order valence-corrected chi connectivity index (χ4v) is 3.18. The molecule has 1 aromatic carbocycles. The Hall–Kier alpha value is -2.63. The number of hydrogen-bond donors (Lipinski definition) is 0. The number of amides is 1. The Morgan fingerprint density at radius 1 is 1.28 bits per heavy atom. The first kappa shape index (κ1) is 17.2. The van der Waals surface area contributed by atoms with Gasteiger partial charge in [-0.2, -0.15) is 0 Å². The Morgan fingerprint density at radius 2 is 2.12 bits per heavy atom. The third kappa shape index (κ3) is 3.73. The molecule has 1 atom stereocenters. The predicted molar refractivity (Wildman–Crippen MR) is 91.1 cm³/mol. The van der Waals surface area contributed by atoms with Crippen LogP contribution in [0.1, 0.15) is 30.1 Å². The van der Waals surface area contributed by atoms with Gasteiger partial charge in [-0.25, -0.2) is 4.39 Å². The second-order valence-electron chi connectivity index (χ2n) is 6.01. The lowest BCUT2D eigenvalue weighted by Crippen LogP contribution is -2.32. The molecular formula is C19H21FN2O3. The number of halogens is 1. The highest BCUT2D eigenvalue weighted by atomic mass is 19.1. The Morgan fingerprint density at radius 3 is 2.76 bits per heavy atom.